The fraction of sp³-hybridized carbons (Fsp3) is 0.556. The monoisotopic (exact) mass is 329 g/mol. The summed E-state index contributed by atoms with van der Waals surface area (Å²) in [6.07, 6.45) is 6.00. The first-order chi connectivity index (χ1) is 11.6. The van der Waals surface area contributed by atoms with Gasteiger partial charge in [-0.25, -0.2) is 0 Å². The number of nitrogens with zero attached hydrogens (tertiary/aromatic N) is 3. The van der Waals surface area contributed by atoms with Crippen LogP contribution in [0, 0.1) is 12.8 Å². The van der Waals surface area contributed by atoms with E-state index < -0.39 is 0 Å². The minimum absolute atomic E-state index is 0.0166. The van der Waals surface area contributed by atoms with Crippen LogP contribution in [0.1, 0.15) is 46.1 Å². The van der Waals surface area contributed by atoms with Crippen LogP contribution in [-0.4, -0.2) is 40.3 Å². The van der Waals surface area contributed by atoms with Crippen molar-refractivity contribution in [1.82, 2.24) is 14.7 Å². The Morgan fingerprint density at radius 2 is 2.25 bits per heavy atom. The second-order valence-corrected chi connectivity index (χ2v) is 6.93. The third kappa shape index (κ3) is 2.86. The summed E-state index contributed by atoms with van der Waals surface area (Å²) in [5, 5.41) is 4.38. The molecule has 6 heteroatoms. The summed E-state index contributed by atoms with van der Waals surface area (Å²) in [7, 11) is 1.96. The van der Waals surface area contributed by atoms with Crippen molar-refractivity contribution >= 4 is 5.91 Å². The highest BCUT2D eigenvalue weighted by molar-refractivity contribution is 5.95. The molecule has 0 radical (unpaired) electrons. The van der Waals surface area contributed by atoms with E-state index in [9.17, 15) is 4.79 Å². The van der Waals surface area contributed by atoms with E-state index >= 15 is 0 Å². The predicted octanol–water partition coefficient (Wildman–Crippen LogP) is 2.49. The molecule has 4 rings (SSSR count). The molecule has 3 heterocycles. The van der Waals surface area contributed by atoms with Gasteiger partial charge in [-0.05, 0) is 31.7 Å². The van der Waals surface area contributed by atoms with Crippen LogP contribution in [0.25, 0.3) is 0 Å². The molecular weight excluding hydrogens is 306 g/mol. The lowest BCUT2D eigenvalue weighted by molar-refractivity contribution is 0.0619. The quantitative estimate of drug-likeness (QED) is 0.845. The SMILES string of the molecule is Cc1occc1C(=O)N1Cc2cnn(C)c2[C@@H](COCC2CC2)C1. The number of furan rings is 1. The van der Waals surface area contributed by atoms with Gasteiger partial charge >= 0.3 is 0 Å². The second-order valence-electron chi connectivity index (χ2n) is 6.93. The van der Waals surface area contributed by atoms with Gasteiger partial charge in [0.2, 0.25) is 0 Å². The average Bonchev–Trinajstić information content (AvgIpc) is 3.18. The summed E-state index contributed by atoms with van der Waals surface area (Å²) >= 11 is 0. The summed E-state index contributed by atoms with van der Waals surface area (Å²) < 4.78 is 13.1. The van der Waals surface area contributed by atoms with Gasteiger partial charge in [0.1, 0.15) is 5.76 Å². The summed E-state index contributed by atoms with van der Waals surface area (Å²) in [5.41, 5.74) is 2.94. The first-order valence-corrected chi connectivity index (χ1v) is 8.55. The molecular formula is C18H23N3O3. The van der Waals surface area contributed by atoms with Crippen molar-refractivity contribution in [3.63, 3.8) is 0 Å². The van der Waals surface area contributed by atoms with Crippen LogP contribution >= 0.6 is 0 Å². The van der Waals surface area contributed by atoms with Gasteiger partial charge in [-0.3, -0.25) is 9.48 Å². The van der Waals surface area contributed by atoms with Crippen LogP contribution in [0.2, 0.25) is 0 Å². The van der Waals surface area contributed by atoms with E-state index in [-0.39, 0.29) is 11.8 Å². The van der Waals surface area contributed by atoms with Gasteiger partial charge in [0.25, 0.3) is 5.91 Å². The van der Waals surface area contributed by atoms with Gasteiger partial charge < -0.3 is 14.1 Å². The molecule has 0 unspecified atom stereocenters. The molecule has 1 atom stereocenters. The van der Waals surface area contributed by atoms with Crippen molar-refractivity contribution in [3.8, 4) is 0 Å². The Morgan fingerprint density at radius 1 is 1.42 bits per heavy atom. The van der Waals surface area contributed by atoms with Crippen molar-refractivity contribution in [2.24, 2.45) is 13.0 Å². The van der Waals surface area contributed by atoms with Crippen LogP contribution in [0.15, 0.2) is 22.9 Å². The number of aryl methyl sites for hydroxylation is 2. The van der Waals surface area contributed by atoms with Gasteiger partial charge in [-0.2, -0.15) is 5.10 Å². The number of carbonyl (C=O) groups is 1. The number of ether oxygens (including phenoxy) is 1. The summed E-state index contributed by atoms with van der Waals surface area (Å²) in [4.78, 5) is 14.7. The number of hydrogen-bond donors (Lipinski definition) is 0. The predicted molar refractivity (Wildman–Crippen MR) is 87.7 cm³/mol. The summed E-state index contributed by atoms with van der Waals surface area (Å²) in [5.74, 6) is 1.59. The standard InChI is InChI=1S/C18H23N3O3/c1-12-16(5-6-24-12)18(22)21-8-14-7-19-20(2)17(14)15(9-21)11-23-10-13-3-4-13/h5-7,13,15H,3-4,8-11H2,1-2H3/t15-/m1/s1. The number of fused-ring (bicyclic) bond motifs is 1. The number of carbonyl (C=O) groups excluding carboxylic acids is 1. The maximum Gasteiger partial charge on any atom is 0.257 e. The molecule has 0 N–H and O–H groups in total. The molecule has 1 fully saturated rings. The number of hydrogen-bond acceptors (Lipinski definition) is 4. The van der Waals surface area contributed by atoms with E-state index in [1.807, 2.05) is 29.7 Å². The number of aromatic nitrogens is 2. The molecule has 0 aromatic carbocycles. The first-order valence-electron chi connectivity index (χ1n) is 8.55. The van der Waals surface area contributed by atoms with Crippen molar-refractivity contribution < 1.29 is 13.9 Å². The van der Waals surface area contributed by atoms with Crippen molar-refractivity contribution in [2.45, 2.75) is 32.2 Å². The Bertz CT molecular complexity index is 745. The Morgan fingerprint density at radius 3 is 2.96 bits per heavy atom. The molecule has 6 nitrogen and oxygen atoms in total. The maximum absolute atomic E-state index is 12.8. The molecule has 1 aliphatic carbocycles. The molecule has 24 heavy (non-hydrogen) atoms. The topological polar surface area (TPSA) is 60.5 Å². The molecule has 0 spiro atoms. The normalized spacial score (nSPS) is 20.2. The molecule has 0 bridgehead atoms. The van der Waals surface area contributed by atoms with E-state index in [0.717, 1.165) is 18.1 Å². The summed E-state index contributed by atoms with van der Waals surface area (Å²) in [6, 6.07) is 1.75. The Kier molecular flexibility index (Phi) is 3.92. The van der Waals surface area contributed by atoms with Gasteiger partial charge in [0.05, 0.1) is 30.3 Å². The minimum Gasteiger partial charge on any atom is -0.469 e. The largest absolute Gasteiger partial charge is 0.469 e. The van der Waals surface area contributed by atoms with E-state index in [1.54, 1.807) is 12.3 Å². The van der Waals surface area contributed by atoms with Crippen LogP contribution < -0.4 is 0 Å². The third-order valence-corrected chi connectivity index (χ3v) is 5.00. The van der Waals surface area contributed by atoms with E-state index in [1.165, 1.54) is 18.5 Å². The van der Waals surface area contributed by atoms with E-state index in [4.69, 9.17) is 9.15 Å². The first kappa shape index (κ1) is 15.4. The smallest absolute Gasteiger partial charge is 0.257 e. The molecule has 2 aromatic heterocycles. The van der Waals surface area contributed by atoms with Gasteiger partial charge in [-0.1, -0.05) is 0 Å². The Balaban J connectivity index is 1.53. The second kappa shape index (κ2) is 6.09. The molecule has 2 aromatic rings. The fourth-order valence-corrected chi connectivity index (χ4v) is 3.49. The average molecular weight is 329 g/mol. The lowest BCUT2D eigenvalue weighted by Gasteiger charge is -2.33. The lowest BCUT2D eigenvalue weighted by Crippen LogP contribution is -2.40. The zero-order chi connectivity index (χ0) is 16.7. The van der Waals surface area contributed by atoms with Crippen LogP contribution in [-0.2, 0) is 18.3 Å². The maximum atomic E-state index is 12.8. The van der Waals surface area contributed by atoms with Crippen LogP contribution in [0.4, 0.5) is 0 Å². The van der Waals surface area contributed by atoms with Crippen LogP contribution in [0.5, 0.6) is 0 Å². The molecule has 128 valence electrons. The number of rotatable bonds is 5. The van der Waals surface area contributed by atoms with Gasteiger partial charge in [0.15, 0.2) is 0 Å². The highest BCUT2D eigenvalue weighted by Crippen LogP contribution is 2.32. The molecule has 1 amide bonds. The van der Waals surface area contributed by atoms with Gasteiger partial charge in [0, 0.05) is 38.2 Å². The van der Waals surface area contributed by atoms with E-state index in [2.05, 4.69) is 5.10 Å². The fourth-order valence-electron chi connectivity index (χ4n) is 3.49. The molecule has 2 aliphatic rings. The molecule has 1 saturated carbocycles. The summed E-state index contributed by atoms with van der Waals surface area (Å²) in [6.45, 7) is 4.53. The van der Waals surface area contributed by atoms with Crippen molar-refractivity contribution in [2.75, 3.05) is 19.8 Å². The zero-order valence-electron chi connectivity index (χ0n) is 14.2. The highest BCUT2D eigenvalue weighted by Gasteiger charge is 2.33. The van der Waals surface area contributed by atoms with Crippen molar-refractivity contribution in [3.05, 3.63) is 41.1 Å². The minimum atomic E-state index is 0.0166. The molecule has 0 saturated heterocycles. The van der Waals surface area contributed by atoms with Crippen molar-refractivity contribution in [1.29, 1.82) is 0 Å². The number of amides is 1. The Hall–Kier alpha value is -2.08. The molecule has 1 aliphatic heterocycles. The zero-order valence-corrected chi connectivity index (χ0v) is 14.2. The van der Waals surface area contributed by atoms with Gasteiger partial charge in [-0.15, -0.1) is 0 Å². The van der Waals surface area contributed by atoms with Crippen LogP contribution in [0.3, 0.4) is 0 Å². The third-order valence-electron chi connectivity index (χ3n) is 5.00. The van der Waals surface area contributed by atoms with E-state index in [0.29, 0.717) is 31.0 Å². The lowest BCUT2D eigenvalue weighted by atomic mass is 9.96. The highest BCUT2D eigenvalue weighted by atomic mass is 16.5. The Labute approximate surface area is 141 Å².